The van der Waals surface area contributed by atoms with Crippen LogP contribution in [0.4, 0.5) is 8.78 Å². The van der Waals surface area contributed by atoms with Crippen LogP contribution < -0.4 is 0 Å². The van der Waals surface area contributed by atoms with Gasteiger partial charge >= 0.3 is 0 Å². The minimum Gasteiger partial charge on any atom is -0.385 e. The van der Waals surface area contributed by atoms with Gasteiger partial charge in [-0.25, -0.2) is 8.78 Å². The van der Waals surface area contributed by atoms with Crippen LogP contribution in [0.2, 0.25) is 0 Å². The van der Waals surface area contributed by atoms with Crippen LogP contribution in [0, 0.1) is 5.41 Å². The minimum absolute atomic E-state index is 0.113. The molecule has 1 saturated carbocycles. The van der Waals surface area contributed by atoms with Gasteiger partial charge in [0, 0.05) is 6.42 Å². The number of likely N-dealkylation sites (tertiary alicyclic amines) is 1. The Bertz CT molecular complexity index is 353. The lowest BCUT2D eigenvalue weighted by molar-refractivity contribution is -0.145. The normalized spacial score (nSPS) is 25.2. The summed E-state index contributed by atoms with van der Waals surface area (Å²) in [5, 5.41) is 9.11. The van der Waals surface area contributed by atoms with Crippen LogP contribution in [-0.4, -0.2) is 40.9 Å². The number of hydrogen-bond donors (Lipinski definition) is 1. The maximum absolute atomic E-state index is 12.3. The summed E-state index contributed by atoms with van der Waals surface area (Å²) in [6.45, 7) is -0.586. The molecule has 1 spiro atoms. The van der Waals surface area contributed by atoms with Gasteiger partial charge in [-0.05, 0) is 12.8 Å². The van der Waals surface area contributed by atoms with Gasteiger partial charge < -0.3 is 5.11 Å². The van der Waals surface area contributed by atoms with Crippen molar-refractivity contribution in [2.45, 2.75) is 51.1 Å². The molecule has 1 saturated heterocycles. The van der Waals surface area contributed by atoms with Gasteiger partial charge in [-0.3, -0.25) is 14.5 Å². The van der Waals surface area contributed by atoms with E-state index in [0.717, 1.165) is 24.2 Å². The fourth-order valence-electron chi connectivity index (χ4n) is 2.93. The van der Waals surface area contributed by atoms with E-state index in [2.05, 4.69) is 0 Å². The number of amides is 2. The summed E-state index contributed by atoms with van der Waals surface area (Å²) in [4.78, 5) is 24.8. The first kappa shape index (κ1) is 13.4. The van der Waals surface area contributed by atoms with Crippen molar-refractivity contribution >= 4 is 11.8 Å². The van der Waals surface area contributed by atoms with Crippen LogP contribution in [0.5, 0.6) is 0 Å². The molecule has 0 aromatic carbocycles. The van der Waals surface area contributed by atoms with Crippen molar-refractivity contribution in [3.05, 3.63) is 0 Å². The second kappa shape index (κ2) is 4.91. The van der Waals surface area contributed by atoms with E-state index in [1.54, 1.807) is 0 Å². The third-order valence-corrected chi connectivity index (χ3v) is 3.96. The predicted molar refractivity (Wildman–Crippen MR) is 58.9 cm³/mol. The Morgan fingerprint density at radius 3 is 2.39 bits per heavy atom. The zero-order valence-electron chi connectivity index (χ0n) is 10.1. The fourth-order valence-corrected chi connectivity index (χ4v) is 2.93. The average Bonchev–Trinajstić information content (AvgIpc) is 2.55. The second-order valence-corrected chi connectivity index (χ2v) is 5.23. The van der Waals surface area contributed by atoms with Gasteiger partial charge in [0.1, 0.15) is 6.10 Å². The van der Waals surface area contributed by atoms with Gasteiger partial charge in [-0.1, -0.05) is 19.3 Å². The number of imide groups is 1. The molecule has 1 aliphatic carbocycles. The van der Waals surface area contributed by atoms with E-state index in [1.807, 2.05) is 0 Å². The lowest BCUT2D eigenvalue weighted by Crippen LogP contribution is -2.42. The van der Waals surface area contributed by atoms with Gasteiger partial charge in [-0.15, -0.1) is 0 Å². The van der Waals surface area contributed by atoms with Crippen molar-refractivity contribution in [2.24, 2.45) is 5.41 Å². The molecule has 0 bridgehead atoms. The summed E-state index contributed by atoms with van der Waals surface area (Å²) in [5.41, 5.74) is -0.669. The van der Waals surface area contributed by atoms with Crippen molar-refractivity contribution in [3.8, 4) is 0 Å². The first-order valence-corrected chi connectivity index (χ1v) is 6.27. The summed E-state index contributed by atoms with van der Waals surface area (Å²) in [6, 6.07) is 0. The van der Waals surface area contributed by atoms with E-state index in [1.165, 1.54) is 0 Å². The molecule has 1 heterocycles. The molecule has 2 amide bonds. The molecule has 2 aliphatic rings. The SMILES string of the molecule is O=C1CC2(CCCCC2)C(=O)N1CC(O)C(F)F. The molecular weight excluding hydrogens is 244 g/mol. The van der Waals surface area contributed by atoms with Crippen molar-refractivity contribution < 1.29 is 23.5 Å². The number of halogens is 2. The lowest BCUT2D eigenvalue weighted by Gasteiger charge is -2.30. The molecule has 6 heteroatoms. The number of carbonyl (C=O) groups is 2. The third-order valence-electron chi connectivity index (χ3n) is 3.96. The van der Waals surface area contributed by atoms with Gasteiger partial charge in [0.15, 0.2) is 0 Å². The molecule has 4 nitrogen and oxygen atoms in total. The Balaban J connectivity index is 2.09. The molecular formula is C12H17F2NO3. The zero-order chi connectivity index (χ0) is 13.3. The highest BCUT2D eigenvalue weighted by molar-refractivity contribution is 6.05. The van der Waals surface area contributed by atoms with Gasteiger partial charge in [0.05, 0.1) is 12.0 Å². The van der Waals surface area contributed by atoms with Gasteiger partial charge in [-0.2, -0.15) is 0 Å². The molecule has 0 aromatic rings. The molecule has 0 radical (unpaired) electrons. The Hall–Kier alpha value is -1.04. The van der Waals surface area contributed by atoms with Gasteiger partial charge in [0.2, 0.25) is 11.8 Å². The van der Waals surface area contributed by atoms with E-state index in [4.69, 9.17) is 5.11 Å². The Morgan fingerprint density at radius 1 is 1.22 bits per heavy atom. The number of aliphatic hydroxyl groups is 1. The van der Waals surface area contributed by atoms with E-state index in [0.29, 0.717) is 12.8 Å². The monoisotopic (exact) mass is 261 g/mol. The fraction of sp³-hybridized carbons (Fsp3) is 0.833. The molecule has 102 valence electrons. The van der Waals surface area contributed by atoms with Crippen LogP contribution in [-0.2, 0) is 9.59 Å². The maximum Gasteiger partial charge on any atom is 0.265 e. The Labute approximate surface area is 104 Å². The van der Waals surface area contributed by atoms with Crippen molar-refractivity contribution in [1.29, 1.82) is 0 Å². The molecule has 0 aromatic heterocycles. The number of carbonyl (C=O) groups excluding carboxylic acids is 2. The zero-order valence-corrected chi connectivity index (χ0v) is 10.1. The van der Waals surface area contributed by atoms with Crippen LogP contribution >= 0.6 is 0 Å². The van der Waals surface area contributed by atoms with Crippen LogP contribution in [0.3, 0.4) is 0 Å². The number of hydrogen-bond acceptors (Lipinski definition) is 3. The molecule has 18 heavy (non-hydrogen) atoms. The molecule has 1 unspecified atom stereocenters. The third kappa shape index (κ3) is 2.25. The summed E-state index contributed by atoms with van der Waals surface area (Å²) in [6.07, 6.45) is -0.637. The molecule has 2 fully saturated rings. The van der Waals surface area contributed by atoms with Gasteiger partial charge in [0.25, 0.3) is 6.43 Å². The van der Waals surface area contributed by atoms with Crippen LogP contribution in [0.1, 0.15) is 38.5 Å². The standard InChI is InChI=1S/C12H17F2NO3/c13-10(14)8(16)7-15-9(17)6-12(11(15)18)4-2-1-3-5-12/h8,10,16H,1-7H2. The quantitative estimate of drug-likeness (QED) is 0.779. The topological polar surface area (TPSA) is 57.6 Å². The summed E-state index contributed by atoms with van der Waals surface area (Å²) in [7, 11) is 0. The Morgan fingerprint density at radius 2 is 1.83 bits per heavy atom. The smallest absolute Gasteiger partial charge is 0.265 e. The van der Waals surface area contributed by atoms with E-state index in [9.17, 15) is 18.4 Å². The van der Waals surface area contributed by atoms with Crippen molar-refractivity contribution in [3.63, 3.8) is 0 Å². The summed E-state index contributed by atoms with van der Waals surface area (Å²) in [5.74, 6) is -0.798. The molecule has 2 rings (SSSR count). The van der Waals surface area contributed by atoms with E-state index < -0.39 is 30.4 Å². The minimum atomic E-state index is -2.94. The van der Waals surface area contributed by atoms with Crippen molar-refractivity contribution in [1.82, 2.24) is 4.90 Å². The first-order chi connectivity index (χ1) is 8.46. The molecule has 1 N–H and O–H groups in total. The molecule has 1 aliphatic heterocycles. The van der Waals surface area contributed by atoms with E-state index >= 15 is 0 Å². The number of aliphatic hydroxyl groups excluding tert-OH is 1. The molecule has 1 atom stereocenters. The first-order valence-electron chi connectivity index (χ1n) is 6.27. The van der Waals surface area contributed by atoms with E-state index in [-0.39, 0.29) is 12.3 Å². The highest BCUT2D eigenvalue weighted by atomic mass is 19.3. The van der Waals surface area contributed by atoms with Crippen LogP contribution in [0.15, 0.2) is 0 Å². The highest BCUT2D eigenvalue weighted by Crippen LogP contribution is 2.45. The van der Waals surface area contributed by atoms with Crippen LogP contribution in [0.25, 0.3) is 0 Å². The summed E-state index contributed by atoms with van der Waals surface area (Å²) < 4.78 is 24.5. The number of nitrogens with zero attached hydrogens (tertiary/aromatic N) is 1. The maximum atomic E-state index is 12.3. The number of rotatable bonds is 3. The number of β-amino-alcohol motifs (C(OH)–C–C–N with tert-alkyl or cyclic N) is 1. The Kier molecular flexibility index (Phi) is 3.66. The lowest BCUT2D eigenvalue weighted by atomic mass is 9.73. The average molecular weight is 261 g/mol. The van der Waals surface area contributed by atoms with Crippen molar-refractivity contribution in [2.75, 3.05) is 6.54 Å². The largest absolute Gasteiger partial charge is 0.385 e. The second-order valence-electron chi connectivity index (χ2n) is 5.23. The number of alkyl halides is 2. The predicted octanol–water partition coefficient (Wildman–Crippen LogP) is 1.32. The summed E-state index contributed by atoms with van der Waals surface area (Å²) >= 11 is 0. The highest BCUT2D eigenvalue weighted by Gasteiger charge is 2.51.